The highest BCUT2D eigenvalue weighted by molar-refractivity contribution is 5.79. The van der Waals surface area contributed by atoms with E-state index >= 15 is 0 Å². The van der Waals surface area contributed by atoms with Crippen molar-refractivity contribution in [2.45, 2.75) is 24.9 Å². The molecule has 1 atom stereocenters. The lowest BCUT2D eigenvalue weighted by Gasteiger charge is -2.24. The molecule has 0 heterocycles. The molecule has 0 spiro atoms. The van der Waals surface area contributed by atoms with Gasteiger partial charge in [0.25, 0.3) is 0 Å². The Hall–Kier alpha value is -2.91. The minimum absolute atomic E-state index is 0.0692. The van der Waals surface area contributed by atoms with Crippen LogP contribution in [0.2, 0.25) is 0 Å². The molecule has 0 radical (unpaired) electrons. The molecular weight excluding hydrogens is 334 g/mol. The normalized spacial score (nSPS) is 18.1. The van der Waals surface area contributed by atoms with Crippen molar-refractivity contribution in [3.05, 3.63) is 95.6 Å². The summed E-state index contributed by atoms with van der Waals surface area (Å²) in [5.41, 5.74) is 4.42. The fourth-order valence-corrected chi connectivity index (χ4v) is 3.79. The first kappa shape index (κ1) is 17.5. The summed E-state index contributed by atoms with van der Waals surface area (Å²) in [7, 11) is 0. The second-order valence-electron chi connectivity index (χ2n) is 7.21. The molecule has 1 aliphatic carbocycles. The van der Waals surface area contributed by atoms with Gasteiger partial charge in [-0.05, 0) is 40.7 Å². The summed E-state index contributed by atoms with van der Waals surface area (Å²) in [6.07, 6.45) is 1.81. The first-order valence-corrected chi connectivity index (χ1v) is 9.36. The van der Waals surface area contributed by atoms with Crippen molar-refractivity contribution in [3.63, 3.8) is 0 Å². The molecular formula is C24H23NO2. The van der Waals surface area contributed by atoms with Gasteiger partial charge >= 0.3 is 0 Å². The molecule has 136 valence electrons. The fraction of sp³-hybridized carbons (Fsp3) is 0.208. The molecule has 2 N–H and O–H groups in total. The number of aliphatic hydroxyl groups is 1. The van der Waals surface area contributed by atoms with Gasteiger partial charge in [0, 0.05) is 0 Å². The smallest absolute Gasteiger partial charge is 0.224 e. The third kappa shape index (κ3) is 3.79. The molecule has 0 saturated heterocycles. The lowest BCUT2D eigenvalue weighted by Crippen LogP contribution is -2.39. The molecule has 0 fully saturated rings. The van der Waals surface area contributed by atoms with Gasteiger partial charge in [-0.15, -0.1) is 0 Å². The van der Waals surface area contributed by atoms with Gasteiger partial charge in [-0.1, -0.05) is 78.9 Å². The van der Waals surface area contributed by atoms with Crippen LogP contribution in [-0.2, 0) is 23.2 Å². The number of hydrogen-bond acceptors (Lipinski definition) is 2. The zero-order valence-electron chi connectivity index (χ0n) is 15.2. The summed E-state index contributed by atoms with van der Waals surface area (Å²) < 4.78 is 0. The van der Waals surface area contributed by atoms with Gasteiger partial charge < -0.3 is 10.4 Å². The Morgan fingerprint density at radius 2 is 1.56 bits per heavy atom. The highest BCUT2D eigenvalue weighted by Gasteiger charge is 2.36. The number of nitrogens with one attached hydrogen (secondary N) is 1. The van der Waals surface area contributed by atoms with E-state index in [1.54, 1.807) is 0 Å². The van der Waals surface area contributed by atoms with Crippen molar-refractivity contribution in [3.8, 4) is 11.1 Å². The Bertz CT molecular complexity index is 934. The monoisotopic (exact) mass is 357 g/mol. The van der Waals surface area contributed by atoms with Gasteiger partial charge in [0.05, 0.1) is 13.0 Å². The summed E-state index contributed by atoms with van der Waals surface area (Å²) in [5.74, 6) is -0.0692. The van der Waals surface area contributed by atoms with Crippen LogP contribution in [0.3, 0.4) is 0 Å². The van der Waals surface area contributed by atoms with Gasteiger partial charge in [-0.2, -0.15) is 0 Å². The molecule has 27 heavy (non-hydrogen) atoms. The number of fused-ring (bicyclic) bond motifs is 1. The number of hydrogen-bond donors (Lipinski definition) is 2. The second kappa shape index (κ2) is 7.37. The van der Waals surface area contributed by atoms with Crippen molar-refractivity contribution in [1.29, 1.82) is 0 Å². The van der Waals surface area contributed by atoms with E-state index in [0.717, 1.165) is 28.7 Å². The molecule has 0 saturated carbocycles. The van der Waals surface area contributed by atoms with Crippen LogP contribution in [0.5, 0.6) is 0 Å². The largest absolute Gasteiger partial charge is 0.383 e. The maximum absolute atomic E-state index is 12.4. The first-order chi connectivity index (χ1) is 13.1. The number of amides is 1. The Labute approximate surface area is 159 Å². The Morgan fingerprint density at radius 3 is 2.33 bits per heavy atom. The molecule has 0 aliphatic heterocycles. The maximum atomic E-state index is 12.4. The van der Waals surface area contributed by atoms with Crippen LogP contribution in [0.15, 0.2) is 78.9 Å². The summed E-state index contributed by atoms with van der Waals surface area (Å²) in [4.78, 5) is 12.4. The average molecular weight is 357 g/mol. The van der Waals surface area contributed by atoms with E-state index in [2.05, 4.69) is 17.4 Å². The number of benzene rings is 3. The summed E-state index contributed by atoms with van der Waals surface area (Å²) >= 11 is 0. The van der Waals surface area contributed by atoms with Crippen LogP contribution in [0.25, 0.3) is 11.1 Å². The average Bonchev–Trinajstić information content (AvgIpc) is 3.05. The molecule has 3 heteroatoms. The minimum atomic E-state index is -0.955. The number of carbonyl (C=O) groups is 1. The molecule has 1 aliphatic rings. The molecule has 3 aromatic carbocycles. The van der Waals surface area contributed by atoms with E-state index in [1.165, 1.54) is 5.56 Å². The summed E-state index contributed by atoms with van der Waals surface area (Å²) in [6.45, 7) is 0.255. The van der Waals surface area contributed by atoms with E-state index in [9.17, 15) is 9.90 Å². The van der Waals surface area contributed by atoms with Gasteiger partial charge in [0.2, 0.25) is 5.91 Å². The molecule has 0 bridgehead atoms. The number of aryl methyl sites for hydroxylation is 1. The first-order valence-electron chi connectivity index (χ1n) is 9.36. The van der Waals surface area contributed by atoms with E-state index in [0.29, 0.717) is 12.8 Å². The van der Waals surface area contributed by atoms with E-state index in [-0.39, 0.29) is 12.5 Å². The second-order valence-corrected chi connectivity index (χ2v) is 7.21. The number of rotatable bonds is 5. The summed E-state index contributed by atoms with van der Waals surface area (Å²) in [5, 5.41) is 13.8. The lowest BCUT2D eigenvalue weighted by molar-refractivity contribution is -0.121. The third-order valence-corrected chi connectivity index (χ3v) is 5.33. The van der Waals surface area contributed by atoms with Crippen LogP contribution < -0.4 is 5.32 Å². The van der Waals surface area contributed by atoms with Crippen LogP contribution >= 0.6 is 0 Å². The molecule has 3 aromatic rings. The molecule has 3 nitrogen and oxygen atoms in total. The Balaban J connectivity index is 1.36. The van der Waals surface area contributed by atoms with E-state index in [4.69, 9.17) is 0 Å². The topological polar surface area (TPSA) is 49.3 Å². The third-order valence-electron chi connectivity index (χ3n) is 5.33. The standard InChI is InChI=1S/C24H23NO2/c26-23(25-17-24(27)15-14-21-8-4-5-9-22(21)24)16-18-10-12-20(13-11-18)19-6-2-1-3-7-19/h1-13,27H,14-17H2,(H,25,26). The van der Waals surface area contributed by atoms with Crippen molar-refractivity contribution in [1.82, 2.24) is 5.32 Å². The van der Waals surface area contributed by atoms with Crippen LogP contribution in [-0.4, -0.2) is 17.6 Å². The lowest BCUT2D eigenvalue weighted by atomic mass is 9.96. The summed E-state index contributed by atoms with van der Waals surface area (Å²) in [6, 6.07) is 26.2. The van der Waals surface area contributed by atoms with Crippen molar-refractivity contribution >= 4 is 5.91 Å². The van der Waals surface area contributed by atoms with Crippen LogP contribution in [0.1, 0.15) is 23.1 Å². The highest BCUT2D eigenvalue weighted by Crippen LogP contribution is 2.36. The highest BCUT2D eigenvalue weighted by atomic mass is 16.3. The van der Waals surface area contributed by atoms with Crippen molar-refractivity contribution in [2.75, 3.05) is 6.54 Å². The fourth-order valence-electron chi connectivity index (χ4n) is 3.79. The molecule has 1 amide bonds. The quantitative estimate of drug-likeness (QED) is 0.729. The molecule has 0 aromatic heterocycles. The van der Waals surface area contributed by atoms with Crippen LogP contribution in [0, 0.1) is 0 Å². The van der Waals surface area contributed by atoms with Gasteiger partial charge in [-0.25, -0.2) is 0 Å². The van der Waals surface area contributed by atoms with Gasteiger partial charge in [0.1, 0.15) is 5.60 Å². The van der Waals surface area contributed by atoms with Gasteiger partial charge in [-0.3, -0.25) is 4.79 Å². The number of carbonyl (C=O) groups excluding carboxylic acids is 1. The Morgan fingerprint density at radius 1 is 0.889 bits per heavy atom. The van der Waals surface area contributed by atoms with Crippen molar-refractivity contribution in [2.24, 2.45) is 0 Å². The van der Waals surface area contributed by atoms with Crippen molar-refractivity contribution < 1.29 is 9.90 Å². The zero-order valence-corrected chi connectivity index (χ0v) is 15.2. The van der Waals surface area contributed by atoms with E-state index in [1.807, 2.05) is 66.7 Å². The predicted molar refractivity (Wildman–Crippen MR) is 107 cm³/mol. The SMILES string of the molecule is O=C(Cc1ccc(-c2ccccc2)cc1)NCC1(O)CCc2ccccc21. The zero-order chi connectivity index (χ0) is 18.7. The van der Waals surface area contributed by atoms with E-state index < -0.39 is 5.60 Å². The van der Waals surface area contributed by atoms with Crippen LogP contribution in [0.4, 0.5) is 0 Å². The Kier molecular flexibility index (Phi) is 4.78. The predicted octanol–water partition coefficient (Wildman–Crippen LogP) is 3.85. The molecule has 1 unspecified atom stereocenters. The van der Waals surface area contributed by atoms with Gasteiger partial charge in [0.15, 0.2) is 0 Å². The maximum Gasteiger partial charge on any atom is 0.224 e. The minimum Gasteiger partial charge on any atom is -0.383 e. The molecule has 4 rings (SSSR count).